The second-order valence-electron chi connectivity index (χ2n) is 5.22. The van der Waals surface area contributed by atoms with Crippen LogP contribution in [0.15, 0.2) is 29.2 Å². The van der Waals surface area contributed by atoms with Crippen LogP contribution in [0.25, 0.3) is 0 Å². The van der Waals surface area contributed by atoms with E-state index in [2.05, 4.69) is 5.32 Å². The maximum absolute atomic E-state index is 12.0. The normalized spacial score (nSPS) is 16.4. The van der Waals surface area contributed by atoms with Crippen LogP contribution < -0.4 is 10.1 Å². The molecule has 0 aliphatic heterocycles. The average Bonchev–Trinajstić information content (AvgIpc) is 2.74. The van der Waals surface area contributed by atoms with E-state index < -0.39 is 0 Å². The molecule has 0 heterocycles. The quantitative estimate of drug-likeness (QED) is 0.665. The Labute approximate surface area is 125 Å². The van der Waals surface area contributed by atoms with Crippen molar-refractivity contribution in [1.82, 2.24) is 5.32 Å². The van der Waals surface area contributed by atoms with Crippen molar-refractivity contribution in [1.29, 1.82) is 0 Å². The number of amides is 1. The number of hydrogen-bond acceptors (Lipinski definition) is 3. The highest BCUT2D eigenvalue weighted by atomic mass is 32.2. The summed E-state index contributed by atoms with van der Waals surface area (Å²) in [4.78, 5) is 13.1. The molecule has 2 rings (SSSR count). The zero-order valence-corrected chi connectivity index (χ0v) is 12.9. The van der Waals surface area contributed by atoms with Crippen molar-refractivity contribution in [3.63, 3.8) is 0 Å². The van der Waals surface area contributed by atoms with E-state index in [1.54, 1.807) is 18.9 Å². The topological polar surface area (TPSA) is 38.3 Å². The van der Waals surface area contributed by atoms with Crippen LogP contribution in [0.3, 0.4) is 0 Å². The molecule has 110 valence electrons. The van der Waals surface area contributed by atoms with Gasteiger partial charge in [0.15, 0.2) is 0 Å². The van der Waals surface area contributed by atoms with Crippen molar-refractivity contribution in [2.75, 3.05) is 12.9 Å². The lowest BCUT2D eigenvalue weighted by Gasteiger charge is -2.16. The number of hydrogen-bond donors (Lipinski definition) is 1. The number of carbonyl (C=O) groups is 1. The second-order valence-corrected chi connectivity index (χ2v) is 6.27. The van der Waals surface area contributed by atoms with Crippen molar-refractivity contribution in [3.8, 4) is 5.75 Å². The Morgan fingerprint density at radius 3 is 2.45 bits per heavy atom. The lowest BCUT2D eigenvalue weighted by Crippen LogP contribution is -2.35. The highest BCUT2D eigenvalue weighted by Gasteiger charge is 2.14. The minimum Gasteiger partial charge on any atom is -0.497 e. The van der Waals surface area contributed by atoms with Crippen molar-refractivity contribution in [2.45, 2.75) is 49.5 Å². The fourth-order valence-corrected chi connectivity index (χ4v) is 3.22. The Morgan fingerprint density at radius 1 is 1.20 bits per heavy atom. The van der Waals surface area contributed by atoms with Crippen LogP contribution >= 0.6 is 11.8 Å². The van der Waals surface area contributed by atoms with Gasteiger partial charge in [-0.2, -0.15) is 0 Å². The second kappa shape index (κ2) is 8.20. The molecule has 0 saturated heterocycles. The summed E-state index contributed by atoms with van der Waals surface area (Å²) in [6.07, 6.45) is 7.39. The van der Waals surface area contributed by atoms with E-state index in [0.29, 0.717) is 11.8 Å². The van der Waals surface area contributed by atoms with Crippen molar-refractivity contribution >= 4 is 17.7 Å². The molecule has 1 N–H and O–H groups in total. The predicted octanol–water partition coefficient (Wildman–Crippen LogP) is 3.63. The van der Waals surface area contributed by atoms with E-state index in [1.807, 2.05) is 24.3 Å². The summed E-state index contributed by atoms with van der Waals surface area (Å²) in [6.45, 7) is 0. The first-order chi connectivity index (χ1) is 9.78. The molecule has 0 atom stereocenters. The minimum atomic E-state index is 0.151. The lowest BCUT2D eigenvalue weighted by molar-refractivity contribution is -0.119. The first-order valence-corrected chi connectivity index (χ1v) is 8.32. The zero-order chi connectivity index (χ0) is 14.2. The van der Waals surface area contributed by atoms with Crippen LogP contribution in [0.2, 0.25) is 0 Å². The van der Waals surface area contributed by atoms with Crippen LogP contribution in [0.5, 0.6) is 5.75 Å². The summed E-state index contributed by atoms with van der Waals surface area (Å²) in [5.41, 5.74) is 0. The number of carbonyl (C=O) groups excluding carboxylic acids is 1. The van der Waals surface area contributed by atoms with Crippen LogP contribution in [-0.4, -0.2) is 24.8 Å². The third-order valence-corrected chi connectivity index (χ3v) is 4.66. The van der Waals surface area contributed by atoms with Gasteiger partial charge < -0.3 is 10.1 Å². The number of nitrogens with one attached hydrogen (secondary N) is 1. The molecule has 1 fully saturated rings. The molecule has 1 aliphatic rings. The van der Waals surface area contributed by atoms with Gasteiger partial charge in [-0.05, 0) is 37.1 Å². The van der Waals surface area contributed by atoms with Crippen LogP contribution in [0.4, 0.5) is 0 Å². The molecule has 0 spiro atoms. The van der Waals surface area contributed by atoms with E-state index in [9.17, 15) is 4.79 Å². The van der Waals surface area contributed by atoms with E-state index in [1.165, 1.54) is 25.7 Å². The number of thioether (sulfide) groups is 1. The van der Waals surface area contributed by atoms with Gasteiger partial charge in [0, 0.05) is 10.9 Å². The predicted molar refractivity (Wildman–Crippen MR) is 83.4 cm³/mol. The molecule has 0 bridgehead atoms. The molecule has 4 heteroatoms. The van der Waals surface area contributed by atoms with Gasteiger partial charge in [0.2, 0.25) is 5.91 Å². The lowest BCUT2D eigenvalue weighted by atomic mass is 10.1. The van der Waals surface area contributed by atoms with Gasteiger partial charge in [-0.1, -0.05) is 25.7 Å². The van der Waals surface area contributed by atoms with Crippen LogP contribution in [0, 0.1) is 0 Å². The van der Waals surface area contributed by atoms with Crippen molar-refractivity contribution in [2.24, 2.45) is 0 Å². The minimum absolute atomic E-state index is 0.151. The van der Waals surface area contributed by atoms with E-state index in [-0.39, 0.29) is 5.91 Å². The summed E-state index contributed by atoms with van der Waals surface area (Å²) < 4.78 is 5.12. The Hall–Kier alpha value is -1.16. The van der Waals surface area contributed by atoms with Crippen molar-refractivity contribution in [3.05, 3.63) is 24.3 Å². The monoisotopic (exact) mass is 293 g/mol. The molecule has 0 unspecified atom stereocenters. The Bertz CT molecular complexity index is 411. The third kappa shape index (κ3) is 5.08. The van der Waals surface area contributed by atoms with Gasteiger partial charge in [0.25, 0.3) is 0 Å². The standard InChI is InChI=1S/C16H23NO2S/c1-19-14-8-10-15(11-9-14)20-12-16(18)17-13-6-4-2-3-5-7-13/h8-11,13H,2-7,12H2,1H3,(H,17,18). The SMILES string of the molecule is COc1ccc(SCC(=O)NC2CCCCCC2)cc1. The third-order valence-electron chi connectivity index (χ3n) is 3.65. The summed E-state index contributed by atoms with van der Waals surface area (Å²) in [7, 11) is 1.66. The van der Waals surface area contributed by atoms with Gasteiger partial charge in [-0.25, -0.2) is 0 Å². The fraction of sp³-hybridized carbons (Fsp3) is 0.562. The molecule has 1 aromatic rings. The summed E-state index contributed by atoms with van der Waals surface area (Å²) in [5.74, 6) is 1.48. The Morgan fingerprint density at radius 2 is 1.85 bits per heavy atom. The molecule has 3 nitrogen and oxygen atoms in total. The number of ether oxygens (including phenoxy) is 1. The molecule has 1 aliphatic carbocycles. The molecule has 20 heavy (non-hydrogen) atoms. The van der Waals surface area contributed by atoms with E-state index >= 15 is 0 Å². The molecular formula is C16H23NO2S. The number of methoxy groups -OCH3 is 1. The average molecular weight is 293 g/mol. The molecule has 1 aromatic carbocycles. The maximum atomic E-state index is 12.0. The Kier molecular flexibility index (Phi) is 6.25. The molecule has 1 amide bonds. The van der Waals surface area contributed by atoms with Gasteiger partial charge in [-0.15, -0.1) is 11.8 Å². The van der Waals surface area contributed by atoms with E-state index in [0.717, 1.165) is 23.5 Å². The number of benzene rings is 1. The van der Waals surface area contributed by atoms with Gasteiger partial charge in [0.1, 0.15) is 5.75 Å². The first-order valence-electron chi connectivity index (χ1n) is 7.34. The number of rotatable bonds is 5. The maximum Gasteiger partial charge on any atom is 0.230 e. The largest absolute Gasteiger partial charge is 0.497 e. The highest BCUT2D eigenvalue weighted by molar-refractivity contribution is 8.00. The summed E-state index contributed by atoms with van der Waals surface area (Å²) in [5, 5.41) is 3.17. The van der Waals surface area contributed by atoms with Gasteiger partial charge in [-0.3, -0.25) is 4.79 Å². The molecule has 1 saturated carbocycles. The zero-order valence-electron chi connectivity index (χ0n) is 12.1. The fourth-order valence-electron chi connectivity index (χ4n) is 2.51. The Balaban J connectivity index is 1.73. The smallest absolute Gasteiger partial charge is 0.230 e. The molecule has 0 radical (unpaired) electrons. The van der Waals surface area contributed by atoms with Gasteiger partial charge in [0.05, 0.1) is 12.9 Å². The summed E-state index contributed by atoms with van der Waals surface area (Å²) >= 11 is 1.57. The summed E-state index contributed by atoms with van der Waals surface area (Å²) in [6, 6.07) is 8.21. The molecule has 0 aromatic heterocycles. The van der Waals surface area contributed by atoms with Gasteiger partial charge >= 0.3 is 0 Å². The van der Waals surface area contributed by atoms with Crippen molar-refractivity contribution < 1.29 is 9.53 Å². The van der Waals surface area contributed by atoms with Crippen LogP contribution in [-0.2, 0) is 4.79 Å². The highest BCUT2D eigenvalue weighted by Crippen LogP contribution is 2.21. The van der Waals surface area contributed by atoms with E-state index in [4.69, 9.17) is 4.74 Å². The molecular weight excluding hydrogens is 270 g/mol. The first kappa shape index (κ1) is 15.2. The van der Waals surface area contributed by atoms with Crippen LogP contribution in [0.1, 0.15) is 38.5 Å².